The number of hydrogen-bond acceptors (Lipinski definition) is 7. The molecule has 0 saturated carbocycles. The van der Waals surface area contributed by atoms with Crippen LogP contribution in [0.1, 0.15) is 41.6 Å². The number of aliphatic hydroxyl groups excluding tert-OH is 1. The Labute approximate surface area is 287 Å². The van der Waals surface area contributed by atoms with Crippen LogP contribution in [-0.4, -0.2) is 32.5 Å². The molecule has 1 saturated heterocycles. The predicted molar refractivity (Wildman–Crippen MR) is 189 cm³/mol. The summed E-state index contributed by atoms with van der Waals surface area (Å²) in [5.41, 5.74) is 5.62. The highest BCUT2D eigenvalue weighted by Gasteiger charge is 2.38. The van der Waals surface area contributed by atoms with Crippen LogP contribution in [0.25, 0.3) is 11.1 Å². The van der Waals surface area contributed by atoms with E-state index in [9.17, 15) is 13.5 Å². The van der Waals surface area contributed by atoms with E-state index in [0.29, 0.717) is 5.75 Å². The van der Waals surface area contributed by atoms with Gasteiger partial charge in [0, 0.05) is 28.7 Å². The first kappa shape index (κ1) is 33.9. The van der Waals surface area contributed by atoms with Crippen molar-refractivity contribution >= 4 is 21.8 Å². The van der Waals surface area contributed by atoms with Crippen molar-refractivity contribution in [2.24, 2.45) is 5.92 Å². The Bertz CT molecular complexity index is 1900. The van der Waals surface area contributed by atoms with E-state index in [0.717, 1.165) is 44.0 Å². The second kappa shape index (κ2) is 15.5. The number of aliphatic hydroxyl groups is 1. The standard InChI is InChI=1S/C39H39NO6S2/c1-27-36(26-47-37-14-7-6-13-35(37)44-2)45-39(46-38(27)31-17-15-28(25-41)16-18-31)32-21-19-30(20-22-32)33-10-8-9-29(23-33)24-40-48(42,43)34-11-4-3-5-12-34/h3-23,27,36,38-41H,24-26H2,1-2H3. The zero-order valence-electron chi connectivity index (χ0n) is 26.9. The fourth-order valence-corrected chi connectivity index (χ4v) is 8.01. The molecule has 248 valence electrons. The number of para-hydroxylation sites is 1. The van der Waals surface area contributed by atoms with Crippen LogP contribution in [0.15, 0.2) is 137 Å². The number of benzene rings is 5. The van der Waals surface area contributed by atoms with Crippen molar-refractivity contribution in [3.63, 3.8) is 0 Å². The topological polar surface area (TPSA) is 94.1 Å². The van der Waals surface area contributed by atoms with E-state index in [2.05, 4.69) is 17.7 Å². The highest BCUT2D eigenvalue weighted by atomic mass is 32.2. The minimum Gasteiger partial charge on any atom is -0.496 e. The average molecular weight is 682 g/mol. The molecule has 1 aliphatic rings. The molecule has 4 unspecified atom stereocenters. The summed E-state index contributed by atoms with van der Waals surface area (Å²) in [6.07, 6.45) is -0.909. The molecule has 1 heterocycles. The van der Waals surface area contributed by atoms with Gasteiger partial charge in [-0.2, -0.15) is 0 Å². The van der Waals surface area contributed by atoms with E-state index in [1.165, 1.54) is 0 Å². The average Bonchev–Trinajstić information content (AvgIpc) is 3.14. The van der Waals surface area contributed by atoms with Crippen LogP contribution in [0, 0.1) is 5.92 Å². The molecule has 48 heavy (non-hydrogen) atoms. The summed E-state index contributed by atoms with van der Waals surface area (Å²) in [5.74, 6) is 1.61. The Kier molecular flexibility index (Phi) is 11.0. The largest absolute Gasteiger partial charge is 0.496 e. The van der Waals surface area contributed by atoms with Gasteiger partial charge >= 0.3 is 0 Å². The van der Waals surface area contributed by atoms with Gasteiger partial charge in [0.05, 0.1) is 30.8 Å². The van der Waals surface area contributed by atoms with Gasteiger partial charge in [0.15, 0.2) is 6.29 Å². The van der Waals surface area contributed by atoms with Gasteiger partial charge in [0.2, 0.25) is 10.0 Å². The molecule has 7 nitrogen and oxygen atoms in total. The summed E-state index contributed by atoms with van der Waals surface area (Å²) in [5, 5.41) is 9.57. The molecule has 0 spiro atoms. The molecule has 9 heteroatoms. The Morgan fingerprint density at radius 2 is 1.48 bits per heavy atom. The quantitative estimate of drug-likeness (QED) is 0.129. The van der Waals surface area contributed by atoms with E-state index in [-0.39, 0.29) is 36.2 Å². The third-order valence-electron chi connectivity index (χ3n) is 8.56. The molecule has 0 radical (unpaired) electrons. The van der Waals surface area contributed by atoms with Gasteiger partial charge in [-0.25, -0.2) is 13.1 Å². The number of sulfonamides is 1. The fourth-order valence-electron chi connectivity index (χ4n) is 5.77. The van der Waals surface area contributed by atoms with E-state index in [4.69, 9.17) is 14.2 Å². The Morgan fingerprint density at radius 1 is 0.771 bits per heavy atom. The Balaban J connectivity index is 1.20. The van der Waals surface area contributed by atoms with Crippen LogP contribution in [-0.2, 0) is 32.6 Å². The molecule has 5 aromatic rings. The van der Waals surface area contributed by atoms with Crippen molar-refractivity contribution in [3.05, 3.63) is 150 Å². The van der Waals surface area contributed by atoms with Crippen molar-refractivity contribution in [1.29, 1.82) is 0 Å². The zero-order chi connectivity index (χ0) is 33.5. The first-order chi connectivity index (χ1) is 23.3. The summed E-state index contributed by atoms with van der Waals surface area (Å²) in [6.45, 7) is 2.33. The Morgan fingerprint density at radius 3 is 2.21 bits per heavy atom. The van der Waals surface area contributed by atoms with Crippen molar-refractivity contribution in [2.45, 2.75) is 48.4 Å². The molecular formula is C39H39NO6S2. The lowest BCUT2D eigenvalue weighted by Gasteiger charge is -2.41. The number of hydrogen-bond donors (Lipinski definition) is 2. The molecule has 2 N–H and O–H groups in total. The van der Waals surface area contributed by atoms with E-state index in [1.54, 1.807) is 49.2 Å². The van der Waals surface area contributed by atoms with E-state index in [1.807, 2.05) is 91.0 Å². The maximum atomic E-state index is 12.7. The van der Waals surface area contributed by atoms with Gasteiger partial charge in [-0.1, -0.05) is 104 Å². The molecule has 5 aromatic carbocycles. The van der Waals surface area contributed by atoms with Gasteiger partial charge in [-0.05, 0) is 58.1 Å². The van der Waals surface area contributed by atoms with Crippen LogP contribution in [0.4, 0.5) is 0 Å². The molecule has 0 aliphatic carbocycles. The lowest BCUT2D eigenvalue weighted by atomic mass is 9.91. The number of methoxy groups -OCH3 is 1. The number of nitrogens with one attached hydrogen (secondary N) is 1. The summed E-state index contributed by atoms with van der Waals surface area (Å²) in [7, 11) is -1.93. The Hall–Kier alpha value is -3.96. The number of thioether (sulfide) groups is 1. The normalized spacial score (nSPS) is 19.6. The molecule has 4 atom stereocenters. The second-order valence-electron chi connectivity index (χ2n) is 11.7. The molecule has 1 aliphatic heterocycles. The highest BCUT2D eigenvalue weighted by Crippen LogP contribution is 2.44. The maximum Gasteiger partial charge on any atom is 0.240 e. The first-order valence-corrected chi connectivity index (χ1v) is 18.3. The summed E-state index contributed by atoms with van der Waals surface area (Å²) in [4.78, 5) is 1.30. The van der Waals surface area contributed by atoms with Crippen LogP contribution in [0.2, 0.25) is 0 Å². The second-order valence-corrected chi connectivity index (χ2v) is 14.6. The third kappa shape index (κ3) is 8.01. The van der Waals surface area contributed by atoms with Gasteiger partial charge in [-0.15, -0.1) is 11.8 Å². The van der Waals surface area contributed by atoms with Gasteiger partial charge in [0.25, 0.3) is 0 Å². The van der Waals surface area contributed by atoms with Crippen molar-refractivity contribution in [1.82, 2.24) is 4.72 Å². The SMILES string of the molecule is COc1ccccc1SCC1OC(c2ccc(-c3cccc(CNS(=O)(=O)c4ccccc4)c3)cc2)OC(c2ccc(CO)cc2)C1C. The van der Waals surface area contributed by atoms with Crippen LogP contribution in [0.3, 0.4) is 0 Å². The molecule has 0 bridgehead atoms. The molecular weight excluding hydrogens is 643 g/mol. The van der Waals surface area contributed by atoms with E-state index < -0.39 is 16.3 Å². The number of rotatable bonds is 12. The number of ether oxygens (including phenoxy) is 3. The van der Waals surface area contributed by atoms with Gasteiger partial charge in [-0.3, -0.25) is 0 Å². The predicted octanol–water partition coefficient (Wildman–Crippen LogP) is 7.92. The summed E-state index contributed by atoms with van der Waals surface area (Å²) >= 11 is 1.71. The fraction of sp³-hybridized carbons (Fsp3) is 0.231. The molecule has 1 fully saturated rings. The minimum atomic E-state index is -3.61. The molecule has 6 rings (SSSR count). The molecule has 0 amide bonds. The summed E-state index contributed by atoms with van der Waals surface area (Å²) < 4.78 is 47.0. The minimum absolute atomic E-state index is 0.0101. The summed E-state index contributed by atoms with van der Waals surface area (Å²) in [6, 6.07) is 40.2. The zero-order valence-corrected chi connectivity index (χ0v) is 28.5. The molecule has 0 aromatic heterocycles. The van der Waals surface area contributed by atoms with Crippen molar-refractivity contribution in [2.75, 3.05) is 12.9 Å². The van der Waals surface area contributed by atoms with Crippen molar-refractivity contribution < 1.29 is 27.7 Å². The third-order valence-corrected chi connectivity index (χ3v) is 11.1. The first-order valence-electron chi connectivity index (χ1n) is 15.8. The van der Waals surface area contributed by atoms with E-state index >= 15 is 0 Å². The van der Waals surface area contributed by atoms with Gasteiger partial charge in [0.1, 0.15) is 5.75 Å². The smallest absolute Gasteiger partial charge is 0.240 e. The van der Waals surface area contributed by atoms with Crippen LogP contribution < -0.4 is 9.46 Å². The van der Waals surface area contributed by atoms with Crippen molar-refractivity contribution in [3.8, 4) is 16.9 Å². The van der Waals surface area contributed by atoms with Crippen LogP contribution in [0.5, 0.6) is 5.75 Å². The maximum absolute atomic E-state index is 12.7. The lowest BCUT2D eigenvalue weighted by molar-refractivity contribution is -0.268. The van der Waals surface area contributed by atoms with Gasteiger partial charge < -0.3 is 19.3 Å². The highest BCUT2D eigenvalue weighted by molar-refractivity contribution is 7.99. The monoisotopic (exact) mass is 681 g/mol. The van der Waals surface area contributed by atoms with Crippen LogP contribution >= 0.6 is 11.8 Å². The lowest BCUT2D eigenvalue weighted by Crippen LogP contribution is -2.38.